The second-order valence-electron chi connectivity index (χ2n) is 5.31. The molecule has 0 aliphatic heterocycles. The zero-order valence-electron chi connectivity index (χ0n) is 11.6. The van der Waals surface area contributed by atoms with Gasteiger partial charge in [0, 0.05) is 11.5 Å². The second-order valence-corrected chi connectivity index (χ2v) is 5.31. The van der Waals surface area contributed by atoms with E-state index in [4.69, 9.17) is 4.74 Å². The minimum Gasteiger partial charge on any atom is -0.497 e. The highest BCUT2D eigenvalue weighted by Gasteiger charge is 2.27. The van der Waals surface area contributed by atoms with Crippen LogP contribution in [0.4, 0.5) is 0 Å². The molecule has 20 heavy (non-hydrogen) atoms. The highest BCUT2D eigenvalue weighted by atomic mass is 16.5. The molecule has 0 spiro atoms. The number of ketones is 1. The largest absolute Gasteiger partial charge is 0.497 e. The molecule has 0 saturated heterocycles. The molecule has 2 nitrogen and oxygen atoms in total. The predicted molar refractivity (Wildman–Crippen MR) is 79.3 cm³/mol. The molecule has 0 saturated carbocycles. The molecule has 0 aromatic heterocycles. The molecule has 2 heteroatoms. The third-order valence-corrected chi connectivity index (χ3v) is 4.04. The van der Waals surface area contributed by atoms with E-state index in [0.29, 0.717) is 0 Å². The molecule has 0 heterocycles. The average molecular weight is 266 g/mol. The quantitative estimate of drug-likeness (QED) is 0.847. The van der Waals surface area contributed by atoms with Crippen LogP contribution in [0.25, 0.3) is 0 Å². The van der Waals surface area contributed by atoms with Crippen molar-refractivity contribution in [3.05, 3.63) is 65.2 Å². The molecule has 1 aliphatic carbocycles. The van der Waals surface area contributed by atoms with E-state index in [1.807, 2.05) is 36.4 Å². The Labute approximate surface area is 119 Å². The molecule has 0 amide bonds. The van der Waals surface area contributed by atoms with Crippen molar-refractivity contribution in [3.63, 3.8) is 0 Å². The Morgan fingerprint density at radius 3 is 2.70 bits per heavy atom. The summed E-state index contributed by atoms with van der Waals surface area (Å²) in [5.74, 6) is 1.22. The third-order valence-electron chi connectivity index (χ3n) is 4.04. The van der Waals surface area contributed by atoms with Gasteiger partial charge in [0.05, 0.1) is 7.11 Å². The van der Waals surface area contributed by atoms with E-state index in [0.717, 1.165) is 36.1 Å². The fourth-order valence-corrected chi connectivity index (χ4v) is 2.92. The van der Waals surface area contributed by atoms with Gasteiger partial charge in [-0.1, -0.05) is 30.3 Å². The van der Waals surface area contributed by atoms with Gasteiger partial charge in [0.15, 0.2) is 5.78 Å². The molecule has 0 radical (unpaired) electrons. The molecule has 0 bridgehead atoms. The standard InChI is InChI=1S/C18H18O2/c1-20-16-9-10-17-14(12-16)7-8-15(18(17)19)11-13-5-3-2-4-6-13/h2-6,9-10,12,15H,7-8,11H2,1H3. The molecule has 102 valence electrons. The Balaban J connectivity index is 1.82. The number of Topliss-reactive ketones (excluding diaryl/α,β-unsaturated/α-hetero) is 1. The number of rotatable bonds is 3. The van der Waals surface area contributed by atoms with Crippen molar-refractivity contribution in [2.75, 3.05) is 7.11 Å². The molecule has 2 aromatic carbocycles. The summed E-state index contributed by atoms with van der Waals surface area (Å²) >= 11 is 0. The van der Waals surface area contributed by atoms with Crippen molar-refractivity contribution in [2.45, 2.75) is 19.3 Å². The van der Waals surface area contributed by atoms with Gasteiger partial charge in [-0.3, -0.25) is 4.79 Å². The number of carbonyl (C=O) groups excluding carboxylic acids is 1. The minimum absolute atomic E-state index is 0.110. The van der Waals surface area contributed by atoms with Crippen LogP contribution in [0.15, 0.2) is 48.5 Å². The van der Waals surface area contributed by atoms with Crippen LogP contribution in [-0.2, 0) is 12.8 Å². The van der Waals surface area contributed by atoms with Gasteiger partial charge >= 0.3 is 0 Å². The smallest absolute Gasteiger partial charge is 0.166 e. The van der Waals surface area contributed by atoms with Crippen molar-refractivity contribution in [3.8, 4) is 5.75 Å². The number of methoxy groups -OCH3 is 1. The normalized spacial score (nSPS) is 17.6. The van der Waals surface area contributed by atoms with E-state index >= 15 is 0 Å². The second kappa shape index (κ2) is 5.49. The Morgan fingerprint density at radius 2 is 1.95 bits per heavy atom. The van der Waals surface area contributed by atoms with E-state index in [-0.39, 0.29) is 11.7 Å². The maximum atomic E-state index is 12.6. The Morgan fingerprint density at radius 1 is 1.15 bits per heavy atom. The topological polar surface area (TPSA) is 26.3 Å². The first-order valence-corrected chi connectivity index (χ1v) is 7.03. The summed E-state index contributed by atoms with van der Waals surface area (Å²) in [6.07, 6.45) is 2.72. The molecule has 2 aromatic rings. The van der Waals surface area contributed by atoms with Crippen LogP contribution in [-0.4, -0.2) is 12.9 Å². The summed E-state index contributed by atoms with van der Waals surface area (Å²) in [6.45, 7) is 0. The summed E-state index contributed by atoms with van der Waals surface area (Å²) in [4.78, 5) is 12.6. The SMILES string of the molecule is COc1ccc2c(c1)CCC(Cc1ccccc1)C2=O. The molecule has 1 unspecified atom stereocenters. The summed E-state index contributed by atoms with van der Waals surface area (Å²) < 4.78 is 5.23. The molecule has 1 atom stereocenters. The van der Waals surface area contributed by atoms with Gasteiger partial charge in [-0.2, -0.15) is 0 Å². The van der Waals surface area contributed by atoms with Crippen molar-refractivity contribution in [1.82, 2.24) is 0 Å². The van der Waals surface area contributed by atoms with Crippen LogP contribution in [0, 0.1) is 5.92 Å². The molecule has 0 N–H and O–H groups in total. The van der Waals surface area contributed by atoms with E-state index in [9.17, 15) is 4.79 Å². The summed E-state index contributed by atoms with van der Waals surface area (Å²) in [6, 6.07) is 16.0. The summed E-state index contributed by atoms with van der Waals surface area (Å²) in [5, 5.41) is 0. The first kappa shape index (κ1) is 12.9. The van der Waals surface area contributed by atoms with Crippen LogP contribution in [0.3, 0.4) is 0 Å². The zero-order chi connectivity index (χ0) is 13.9. The molecular formula is C18H18O2. The van der Waals surface area contributed by atoms with E-state index in [2.05, 4.69) is 12.1 Å². The number of hydrogen-bond donors (Lipinski definition) is 0. The third kappa shape index (κ3) is 2.46. The van der Waals surface area contributed by atoms with E-state index in [1.165, 1.54) is 5.56 Å². The maximum absolute atomic E-state index is 12.6. The van der Waals surface area contributed by atoms with Crippen LogP contribution < -0.4 is 4.74 Å². The lowest BCUT2D eigenvalue weighted by Gasteiger charge is -2.23. The highest BCUT2D eigenvalue weighted by Crippen LogP contribution is 2.30. The molecule has 0 fully saturated rings. The Kier molecular flexibility index (Phi) is 3.55. The summed E-state index contributed by atoms with van der Waals surface area (Å²) in [5.41, 5.74) is 3.24. The van der Waals surface area contributed by atoms with Gasteiger partial charge in [0.25, 0.3) is 0 Å². The zero-order valence-corrected chi connectivity index (χ0v) is 11.6. The van der Waals surface area contributed by atoms with Crippen molar-refractivity contribution >= 4 is 5.78 Å². The minimum atomic E-state index is 0.110. The van der Waals surface area contributed by atoms with Crippen LogP contribution in [0.2, 0.25) is 0 Å². The van der Waals surface area contributed by atoms with Crippen LogP contribution in [0.5, 0.6) is 5.75 Å². The van der Waals surface area contributed by atoms with E-state index < -0.39 is 0 Å². The van der Waals surface area contributed by atoms with Gasteiger partial charge in [0.1, 0.15) is 5.75 Å². The lowest BCUT2D eigenvalue weighted by atomic mass is 9.80. The average Bonchev–Trinajstić information content (AvgIpc) is 2.51. The van der Waals surface area contributed by atoms with Crippen LogP contribution in [0.1, 0.15) is 27.9 Å². The lowest BCUT2D eigenvalue weighted by Crippen LogP contribution is -2.24. The number of hydrogen-bond acceptors (Lipinski definition) is 2. The number of fused-ring (bicyclic) bond motifs is 1. The highest BCUT2D eigenvalue weighted by molar-refractivity contribution is 6.00. The monoisotopic (exact) mass is 266 g/mol. The number of aryl methyl sites for hydroxylation is 1. The van der Waals surface area contributed by atoms with Gasteiger partial charge in [-0.15, -0.1) is 0 Å². The molecule has 3 rings (SSSR count). The van der Waals surface area contributed by atoms with Crippen molar-refractivity contribution in [2.24, 2.45) is 5.92 Å². The number of ether oxygens (including phenoxy) is 1. The van der Waals surface area contributed by atoms with Gasteiger partial charge in [-0.25, -0.2) is 0 Å². The maximum Gasteiger partial charge on any atom is 0.166 e. The Hall–Kier alpha value is -2.09. The summed E-state index contributed by atoms with van der Waals surface area (Å²) in [7, 11) is 1.66. The number of carbonyl (C=O) groups is 1. The fraction of sp³-hybridized carbons (Fsp3) is 0.278. The first-order chi connectivity index (χ1) is 9.78. The predicted octanol–water partition coefficient (Wildman–Crippen LogP) is 3.68. The first-order valence-electron chi connectivity index (χ1n) is 7.03. The van der Waals surface area contributed by atoms with Gasteiger partial charge < -0.3 is 4.74 Å². The fourth-order valence-electron chi connectivity index (χ4n) is 2.92. The van der Waals surface area contributed by atoms with Gasteiger partial charge in [-0.05, 0) is 48.6 Å². The van der Waals surface area contributed by atoms with Crippen molar-refractivity contribution < 1.29 is 9.53 Å². The van der Waals surface area contributed by atoms with Crippen molar-refractivity contribution in [1.29, 1.82) is 0 Å². The lowest BCUT2D eigenvalue weighted by molar-refractivity contribution is 0.0901. The molecular weight excluding hydrogens is 248 g/mol. The number of benzene rings is 2. The van der Waals surface area contributed by atoms with Crippen LogP contribution >= 0.6 is 0 Å². The molecule has 1 aliphatic rings. The van der Waals surface area contributed by atoms with E-state index in [1.54, 1.807) is 7.11 Å². The Bertz CT molecular complexity index is 617. The van der Waals surface area contributed by atoms with Gasteiger partial charge in [0.2, 0.25) is 0 Å².